The Labute approximate surface area is 168 Å². The maximum absolute atomic E-state index is 12.5. The Bertz CT molecular complexity index is 813. The van der Waals surface area contributed by atoms with Gasteiger partial charge in [0.25, 0.3) is 0 Å². The Morgan fingerprint density at radius 1 is 1.00 bits per heavy atom. The Morgan fingerprint density at radius 2 is 1.70 bits per heavy atom. The average molecular weight is 431 g/mol. The van der Waals surface area contributed by atoms with E-state index in [4.69, 9.17) is 9.47 Å². The van der Waals surface area contributed by atoms with Gasteiger partial charge in [0.05, 0.1) is 14.2 Å². The molecule has 142 valence electrons. The zero-order chi connectivity index (χ0) is 19.2. The molecular weight excluding hydrogens is 408 g/mol. The lowest BCUT2D eigenvalue weighted by Crippen LogP contribution is -2.48. The highest BCUT2D eigenvalue weighted by Gasteiger charge is 2.20. The van der Waals surface area contributed by atoms with Crippen LogP contribution in [0.4, 0.5) is 5.69 Å². The van der Waals surface area contributed by atoms with Crippen molar-refractivity contribution in [3.05, 3.63) is 58.6 Å². The van der Waals surface area contributed by atoms with Gasteiger partial charge >= 0.3 is 0 Å². The minimum absolute atomic E-state index is 0.0198. The van der Waals surface area contributed by atoms with Crippen molar-refractivity contribution < 1.29 is 14.3 Å². The summed E-state index contributed by atoms with van der Waals surface area (Å²) in [4.78, 5) is 16.7. The number of halogens is 1. The first kappa shape index (κ1) is 19.3. The van der Waals surface area contributed by atoms with E-state index < -0.39 is 0 Å². The van der Waals surface area contributed by atoms with Crippen LogP contribution >= 0.6 is 15.9 Å². The van der Waals surface area contributed by atoms with E-state index in [0.717, 1.165) is 40.3 Å². The molecule has 0 bridgehead atoms. The van der Waals surface area contributed by atoms with Crippen molar-refractivity contribution in [2.45, 2.75) is 0 Å². The highest BCUT2D eigenvalue weighted by atomic mass is 79.9. The summed E-state index contributed by atoms with van der Waals surface area (Å²) in [6.07, 6.45) is 3.43. The van der Waals surface area contributed by atoms with E-state index in [1.54, 1.807) is 20.3 Å². The first-order valence-corrected chi connectivity index (χ1v) is 9.59. The van der Waals surface area contributed by atoms with Crippen LogP contribution < -0.4 is 14.4 Å². The molecule has 1 heterocycles. The maximum atomic E-state index is 12.5. The Balaban J connectivity index is 1.59. The van der Waals surface area contributed by atoms with Crippen LogP contribution in [-0.2, 0) is 4.79 Å². The molecule has 1 fully saturated rings. The predicted molar refractivity (Wildman–Crippen MR) is 112 cm³/mol. The smallest absolute Gasteiger partial charge is 0.246 e. The number of piperazine rings is 1. The maximum Gasteiger partial charge on any atom is 0.246 e. The molecule has 1 aliphatic rings. The number of benzene rings is 2. The summed E-state index contributed by atoms with van der Waals surface area (Å²) in [5.74, 6) is 1.61. The lowest BCUT2D eigenvalue weighted by Gasteiger charge is -2.35. The molecule has 0 aromatic heterocycles. The van der Waals surface area contributed by atoms with Gasteiger partial charge in [-0.15, -0.1) is 0 Å². The number of hydrogen-bond acceptors (Lipinski definition) is 4. The summed E-state index contributed by atoms with van der Waals surface area (Å²) in [7, 11) is 3.29. The number of ether oxygens (including phenoxy) is 2. The molecule has 0 aliphatic carbocycles. The summed E-state index contributed by atoms with van der Waals surface area (Å²) in [5.41, 5.74) is 2.02. The molecule has 27 heavy (non-hydrogen) atoms. The minimum atomic E-state index is 0.0198. The molecular formula is C21H23BrN2O3. The molecule has 2 aromatic rings. The fraction of sp³-hybridized carbons (Fsp3) is 0.286. The van der Waals surface area contributed by atoms with Crippen LogP contribution in [0.1, 0.15) is 5.56 Å². The van der Waals surface area contributed by atoms with Gasteiger partial charge in [-0.2, -0.15) is 0 Å². The van der Waals surface area contributed by atoms with Crippen LogP contribution in [0.3, 0.4) is 0 Å². The monoisotopic (exact) mass is 430 g/mol. The summed E-state index contributed by atoms with van der Waals surface area (Å²) >= 11 is 3.45. The van der Waals surface area contributed by atoms with Gasteiger partial charge in [-0.3, -0.25) is 4.79 Å². The molecule has 0 saturated carbocycles. The molecule has 1 aliphatic heterocycles. The summed E-state index contributed by atoms with van der Waals surface area (Å²) in [6.45, 7) is 3.02. The van der Waals surface area contributed by atoms with Crippen LogP contribution in [-0.4, -0.2) is 51.2 Å². The second kappa shape index (κ2) is 8.95. The third-order valence-corrected chi connectivity index (χ3v) is 5.12. The third kappa shape index (κ3) is 4.83. The van der Waals surface area contributed by atoms with Crippen LogP contribution in [0.5, 0.6) is 11.5 Å². The lowest BCUT2D eigenvalue weighted by molar-refractivity contribution is -0.126. The molecule has 1 saturated heterocycles. The Morgan fingerprint density at radius 3 is 2.33 bits per heavy atom. The second-order valence-electron chi connectivity index (χ2n) is 6.23. The number of anilines is 1. The van der Waals surface area contributed by atoms with Crippen LogP contribution in [0, 0.1) is 0 Å². The normalized spacial score (nSPS) is 14.5. The van der Waals surface area contributed by atoms with Crippen molar-refractivity contribution in [2.75, 3.05) is 45.3 Å². The minimum Gasteiger partial charge on any atom is -0.497 e. The number of methoxy groups -OCH3 is 2. The quantitative estimate of drug-likeness (QED) is 0.675. The SMILES string of the molecule is COc1ccc(N2CCN(C(=O)/C=C/c3cc(Br)ccc3OC)CC2)cc1. The zero-order valence-corrected chi connectivity index (χ0v) is 17.1. The van der Waals surface area contributed by atoms with E-state index in [-0.39, 0.29) is 5.91 Å². The number of hydrogen-bond donors (Lipinski definition) is 0. The van der Waals surface area contributed by atoms with Crippen molar-refractivity contribution in [1.29, 1.82) is 0 Å². The van der Waals surface area contributed by atoms with Crippen LogP contribution in [0.2, 0.25) is 0 Å². The van der Waals surface area contributed by atoms with Gasteiger partial charge in [0.1, 0.15) is 11.5 Å². The van der Waals surface area contributed by atoms with E-state index in [1.807, 2.05) is 41.3 Å². The van der Waals surface area contributed by atoms with Crippen molar-refractivity contribution in [2.24, 2.45) is 0 Å². The molecule has 0 unspecified atom stereocenters. The van der Waals surface area contributed by atoms with E-state index in [0.29, 0.717) is 13.1 Å². The topological polar surface area (TPSA) is 42.0 Å². The Hall–Kier alpha value is -2.47. The molecule has 0 radical (unpaired) electrons. The first-order chi connectivity index (χ1) is 13.1. The lowest BCUT2D eigenvalue weighted by atomic mass is 10.2. The molecule has 3 rings (SSSR count). The standard InChI is InChI=1S/C21H23BrN2O3/c1-26-19-7-5-18(6-8-19)23-11-13-24(14-12-23)21(25)10-3-16-15-17(22)4-9-20(16)27-2/h3-10,15H,11-14H2,1-2H3/b10-3+. The summed E-state index contributed by atoms with van der Waals surface area (Å²) in [6, 6.07) is 13.7. The fourth-order valence-electron chi connectivity index (χ4n) is 3.08. The van der Waals surface area contributed by atoms with E-state index in [2.05, 4.69) is 33.0 Å². The molecule has 6 heteroatoms. The molecule has 5 nitrogen and oxygen atoms in total. The average Bonchev–Trinajstić information content (AvgIpc) is 2.72. The van der Waals surface area contributed by atoms with Crippen molar-refractivity contribution in [3.8, 4) is 11.5 Å². The van der Waals surface area contributed by atoms with E-state index >= 15 is 0 Å². The van der Waals surface area contributed by atoms with Crippen molar-refractivity contribution in [1.82, 2.24) is 4.90 Å². The largest absolute Gasteiger partial charge is 0.497 e. The van der Waals surface area contributed by atoms with Gasteiger partial charge < -0.3 is 19.3 Å². The summed E-state index contributed by atoms with van der Waals surface area (Å²) < 4.78 is 11.5. The molecule has 0 spiro atoms. The van der Waals surface area contributed by atoms with Crippen molar-refractivity contribution in [3.63, 3.8) is 0 Å². The van der Waals surface area contributed by atoms with Crippen LogP contribution in [0.15, 0.2) is 53.0 Å². The highest BCUT2D eigenvalue weighted by Crippen LogP contribution is 2.24. The third-order valence-electron chi connectivity index (χ3n) is 4.63. The first-order valence-electron chi connectivity index (χ1n) is 8.80. The Kier molecular flexibility index (Phi) is 6.40. The van der Waals surface area contributed by atoms with Crippen molar-refractivity contribution >= 4 is 33.6 Å². The fourth-order valence-corrected chi connectivity index (χ4v) is 3.46. The van der Waals surface area contributed by atoms with E-state index in [1.165, 1.54) is 0 Å². The summed E-state index contributed by atoms with van der Waals surface area (Å²) in [5, 5.41) is 0. The van der Waals surface area contributed by atoms with Crippen LogP contribution in [0.25, 0.3) is 6.08 Å². The highest BCUT2D eigenvalue weighted by molar-refractivity contribution is 9.10. The van der Waals surface area contributed by atoms with Gasteiger partial charge in [-0.05, 0) is 48.5 Å². The number of carbonyl (C=O) groups excluding carboxylic acids is 1. The molecule has 2 aromatic carbocycles. The molecule has 1 amide bonds. The van der Waals surface area contributed by atoms with Gasteiger partial charge in [-0.1, -0.05) is 15.9 Å². The van der Waals surface area contributed by atoms with Gasteiger partial charge in [0.15, 0.2) is 0 Å². The number of nitrogens with zero attached hydrogens (tertiary/aromatic N) is 2. The van der Waals surface area contributed by atoms with E-state index in [9.17, 15) is 4.79 Å². The molecule has 0 N–H and O–H groups in total. The van der Waals surface area contributed by atoms with Gasteiger partial charge in [0.2, 0.25) is 5.91 Å². The zero-order valence-electron chi connectivity index (χ0n) is 15.5. The number of carbonyl (C=O) groups is 1. The second-order valence-corrected chi connectivity index (χ2v) is 7.15. The predicted octanol–water partition coefficient (Wildman–Crippen LogP) is 3.83. The van der Waals surface area contributed by atoms with Gasteiger partial charge in [-0.25, -0.2) is 0 Å². The van der Waals surface area contributed by atoms with Gasteiger partial charge in [0, 0.05) is 48.0 Å². The number of amides is 1. The molecule has 0 atom stereocenters. The number of rotatable bonds is 5.